The van der Waals surface area contributed by atoms with E-state index in [-0.39, 0.29) is 0 Å². The zero-order valence-electron chi connectivity index (χ0n) is 12.4. The maximum Gasteiger partial charge on any atom is 0.152 e. The minimum atomic E-state index is 0.356. The lowest BCUT2D eigenvalue weighted by molar-refractivity contribution is 0.356. The third kappa shape index (κ3) is 2.13. The van der Waals surface area contributed by atoms with Crippen molar-refractivity contribution in [1.29, 1.82) is 5.26 Å². The van der Waals surface area contributed by atoms with Crippen molar-refractivity contribution in [2.45, 2.75) is 38.1 Å². The number of fused-ring (bicyclic) bond motifs is 1. The van der Waals surface area contributed by atoms with Crippen molar-refractivity contribution in [2.75, 3.05) is 11.9 Å². The van der Waals surface area contributed by atoms with Gasteiger partial charge in [-0.3, -0.25) is 4.68 Å². The van der Waals surface area contributed by atoms with Crippen LogP contribution < -0.4 is 5.32 Å². The number of nitriles is 1. The number of hydrogen-bond acceptors (Lipinski definition) is 5. The first-order valence-electron chi connectivity index (χ1n) is 7.86. The van der Waals surface area contributed by atoms with E-state index in [9.17, 15) is 0 Å². The maximum absolute atomic E-state index is 8.98. The normalized spacial score (nSPS) is 23.0. The molecule has 2 aromatic rings. The fourth-order valence-electron chi connectivity index (χ4n) is 3.74. The van der Waals surface area contributed by atoms with Crippen molar-refractivity contribution < 1.29 is 0 Å². The number of nitrogens with one attached hydrogen (secondary N) is 1. The molecule has 1 N–H and O–H groups in total. The summed E-state index contributed by atoms with van der Waals surface area (Å²) in [7, 11) is 0. The lowest BCUT2D eigenvalue weighted by atomic mass is 10.0. The Kier molecular flexibility index (Phi) is 3.26. The summed E-state index contributed by atoms with van der Waals surface area (Å²) in [4.78, 5) is 0. The second-order valence-corrected chi connectivity index (χ2v) is 6.09. The van der Waals surface area contributed by atoms with Gasteiger partial charge in [-0.05, 0) is 25.2 Å². The van der Waals surface area contributed by atoms with Crippen molar-refractivity contribution in [2.24, 2.45) is 5.92 Å². The Morgan fingerprint density at radius 2 is 2.32 bits per heavy atom. The Labute approximate surface area is 129 Å². The molecule has 1 saturated carbocycles. The molecule has 0 spiro atoms. The molecular formula is C16H18N6. The van der Waals surface area contributed by atoms with E-state index in [1.54, 1.807) is 0 Å². The summed E-state index contributed by atoms with van der Waals surface area (Å²) in [5, 5.41) is 25.0. The van der Waals surface area contributed by atoms with E-state index in [1.165, 1.54) is 12.0 Å². The molecule has 1 fully saturated rings. The summed E-state index contributed by atoms with van der Waals surface area (Å²) < 4.78 is 2.06. The van der Waals surface area contributed by atoms with Gasteiger partial charge in [-0.2, -0.15) is 15.5 Å². The van der Waals surface area contributed by atoms with Gasteiger partial charge in [0.2, 0.25) is 0 Å². The second kappa shape index (κ2) is 5.41. The summed E-state index contributed by atoms with van der Waals surface area (Å²) in [6, 6.07) is 2.67. The standard InChI is InChI=1S/C16H18N6/c17-6-4-11-2-1-3-15(11)22-10-12(8-20-22)14-9-19-21-16-13(14)5-7-18-16/h8-11,15H,1-5,7H2,(H,18,21). The molecule has 112 valence electrons. The van der Waals surface area contributed by atoms with Crippen LogP contribution in [0.1, 0.15) is 37.3 Å². The Morgan fingerprint density at radius 3 is 3.23 bits per heavy atom. The Bertz CT molecular complexity index is 728. The first kappa shape index (κ1) is 13.3. The van der Waals surface area contributed by atoms with E-state index in [0.717, 1.165) is 42.8 Å². The third-order valence-corrected chi connectivity index (χ3v) is 4.85. The highest BCUT2D eigenvalue weighted by Crippen LogP contribution is 2.38. The van der Waals surface area contributed by atoms with Crippen molar-refractivity contribution in [1.82, 2.24) is 20.0 Å². The second-order valence-electron chi connectivity index (χ2n) is 6.09. The summed E-state index contributed by atoms with van der Waals surface area (Å²) in [5.74, 6) is 1.33. The van der Waals surface area contributed by atoms with Crippen LogP contribution in [0.15, 0.2) is 18.6 Å². The van der Waals surface area contributed by atoms with E-state index in [4.69, 9.17) is 5.26 Å². The number of nitrogens with zero attached hydrogens (tertiary/aromatic N) is 5. The molecule has 0 bridgehead atoms. The zero-order chi connectivity index (χ0) is 14.9. The zero-order valence-corrected chi connectivity index (χ0v) is 12.4. The van der Waals surface area contributed by atoms with E-state index in [2.05, 4.69) is 37.6 Å². The Morgan fingerprint density at radius 1 is 1.36 bits per heavy atom. The van der Waals surface area contributed by atoms with Gasteiger partial charge in [-0.25, -0.2) is 0 Å². The lowest BCUT2D eigenvalue weighted by Gasteiger charge is -2.17. The molecule has 6 heteroatoms. The van der Waals surface area contributed by atoms with Crippen LogP contribution in [0.5, 0.6) is 0 Å². The average molecular weight is 294 g/mol. The number of rotatable bonds is 3. The number of hydrogen-bond donors (Lipinski definition) is 1. The number of aromatic nitrogens is 4. The van der Waals surface area contributed by atoms with Crippen LogP contribution in [-0.4, -0.2) is 26.5 Å². The molecule has 2 atom stereocenters. The summed E-state index contributed by atoms with van der Waals surface area (Å²) >= 11 is 0. The molecule has 2 aliphatic rings. The maximum atomic E-state index is 8.98. The highest BCUT2D eigenvalue weighted by atomic mass is 15.3. The molecule has 22 heavy (non-hydrogen) atoms. The highest BCUT2D eigenvalue weighted by molar-refractivity contribution is 5.71. The van der Waals surface area contributed by atoms with Crippen LogP contribution in [-0.2, 0) is 6.42 Å². The SMILES string of the molecule is N#CCC1CCCC1n1cc(-c2cnnc3c2CCN3)cn1. The number of anilines is 1. The van der Waals surface area contributed by atoms with Gasteiger partial charge in [0.25, 0.3) is 0 Å². The van der Waals surface area contributed by atoms with Gasteiger partial charge in [0, 0.05) is 35.9 Å². The van der Waals surface area contributed by atoms with Crippen molar-refractivity contribution in [3.8, 4) is 17.2 Å². The fraction of sp³-hybridized carbons (Fsp3) is 0.500. The van der Waals surface area contributed by atoms with Gasteiger partial charge in [0.05, 0.1) is 24.5 Å². The molecule has 1 aliphatic heterocycles. The average Bonchev–Trinajstić information content (AvgIpc) is 3.26. The summed E-state index contributed by atoms with van der Waals surface area (Å²) in [6.07, 6.45) is 10.9. The topological polar surface area (TPSA) is 79.4 Å². The Hall–Kier alpha value is -2.42. The minimum Gasteiger partial charge on any atom is -0.368 e. The first-order valence-corrected chi connectivity index (χ1v) is 7.86. The molecular weight excluding hydrogens is 276 g/mol. The third-order valence-electron chi connectivity index (χ3n) is 4.85. The molecule has 0 radical (unpaired) electrons. The molecule has 6 nitrogen and oxygen atoms in total. The smallest absolute Gasteiger partial charge is 0.152 e. The molecule has 4 rings (SSSR count). The van der Waals surface area contributed by atoms with E-state index >= 15 is 0 Å². The van der Waals surface area contributed by atoms with Crippen LogP contribution in [0.3, 0.4) is 0 Å². The Balaban J connectivity index is 1.65. The molecule has 1 aliphatic carbocycles. The van der Waals surface area contributed by atoms with Gasteiger partial charge in [0.15, 0.2) is 5.82 Å². The predicted molar refractivity (Wildman–Crippen MR) is 82.1 cm³/mol. The molecule has 0 aromatic carbocycles. The first-order chi connectivity index (χ1) is 10.9. The van der Waals surface area contributed by atoms with Gasteiger partial charge >= 0.3 is 0 Å². The highest BCUT2D eigenvalue weighted by Gasteiger charge is 2.29. The van der Waals surface area contributed by atoms with Crippen LogP contribution in [0, 0.1) is 17.2 Å². The van der Waals surface area contributed by atoms with Crippen molar-refractivity contribution in [3.63, 3.8) is 0 Å². The summed E-state index contributed by atoms with van der Waals surface area (Å²) in [6.45, 7) is 0.919. The molecule has 2 unspecified atom stereocenters. The molecule has 0 saturated heterocycles. The van der Waals surface area contributed by atoms with E-state index < -0.39 is 0 Å². The lowest BCUT2D eigenvalue weighted by Crippen LogP contribution is -2.14. The monoisotopic (exact) mass is 294 g/mol. The van der Waals surface area contributed by atoms with Crippen molar-refractivity contribution in [3.05, 3.63) is 24.2 Å². The predicted octanol–water partition coefficient (Wildman–Crippen LogP) is 2.56. The summed E-state index contributed by atoms with van der Waals surface area (Å²) in [5.41, 5.74) is 3.45. The fourth-order valence-corrected chi connectivity index (χ4v) is 3.74. The molecule has 0 amide bonds. The van der Waals surface area contributed by atoms with Crippen LogP contribution in [0.25, 0.3) is 11.1 Å². The van der Waals surface area contributed by atoms with Crippen molar-refractivity contribution >= 4 is 5.82 Å². The van der Waals surface area contributed by atoms with Crippen LogP contribution >= 0.6 is 0 Å². The van der Waals surface area contributed by atoms with E-state index in [0.29, 0.717) is 18.4 Å². The molecule has 3 heterocycles. The van der Waals surface area contributed by atoms with E-state index in [1.807, 2.05) is 12.4 Å². The van der Waals surface area contributed by atoms with Gasteiger partial charge in [-0.15, -0.1) is 5.10 Å². The van der Waals surface area contributed by atoms with Crippen LogP contribution in [0.2, 0.25) is 0 Å². The quantitative estimate of drug-likeness (QED) is 0.941. The van der Waals surface area contributed by atoms with Gasteiger partial charge in [-0.1, -0.05) is 6.42 Å². The minimum absolute atomic E-state index is 0.356. The largest absolute Gasteiger partial charge is 0.368 e. The van der Waals surface area contributed by atoms with Gasteiger partial charge in [0.1, 0.15) is 0 Å². The van der Waals surface area contributed by atoms with Gasteiger partial charge < -0.3 is 5.32 Å². The molecule has 2 aromatic heterocycles. The van der Waals surface area contributed by atoms with Crippen LogP contribution in [0.4, 0.5) is 5.82 Å².